The number of nitrogens with one attached hydrogen (secondary N) is 1. The lowest BCUT2D eigenvalue weighted by atomic mass is 9.78. The Morgan fingerprint density at radius 2 is 2.00 bits per heavy atom. The molecule has 3 amide bonds. The number of aliphatic carboxylic acids is 1. The molecule has 0 radical (unpaired) electrons. The molecule has 4 aliphatic rings. The smallest absolute Gasteiger partial charge is 0.407 e. The first kappa shape index (κ1) is 15.9. The summed E-state index contributed by atoms with van der Waals surface area (Å²) in [4.78, 5) is 50.4. The molecule has 3 aliphatic heterocycles. The van der Waals surface area contributed by atoms with Gasteiger partial charge in [0.15, 0.2) is 0 Å². The third-order valence-corrected chi connectivity index (χ3v) is 5.40. The second kappa shape index (κ2) is 5.47. The molecule has 0 bridgehead atoms. The molecule has 9 nitrogen and oxygen atoms in total. The maximum absolute atomic E-state index is 12.4. The van der Waals surface area contributed by atoms with Crippen molar-refractivity contribution < 1.29 is 29.0 Å². The van der Waals surface area contributed by atoms with Crippen LogP contribution < -0.4 is 5.32 Å². The van der Waals surface area contributed by atoms with Crippen molar-refractivity contribution in [3.05, 3.63) is 11.3 Å². The number of β-lactam (4-membered cyclic amide) rings is 1. The average Bonchev–Trinajstić information content (AvgIpc) is 3.30. The number of carbonyl (C=O) groups is 4. The molecule has 3 heterocycles. The minimum Gasteiger partial charge on any atom is -0.477 e. The summed E-state index contributed by atoms with van der Waals surface area (Å²) in [6.07, 6.45) is 1.82. The molecule has 2 N–H and O–H groups in total. The predicted octanol–water partition coefficient (Wildman–Crippen LogP) is -0.325. The van der Waals surface area contributed by atoms with Crippen LogP contribution in [-0.4, -0.2) is 70.1 Å². The molecule has 1 unspecified atom stereocenters. The van der Waals surface area contributed by atoms with E-state index >= 15 is 0 Å². The second-order valence-electron chi connectivity index (χ2n) is 6.92. The Bertz CT molecular complexity index is 713. The molecular formula is C16H19N3O6. The number of hydrogen-bond acceptors (Lipinski definition) is 5. The van der Waals surface area contributed by atoms with Gasteiger partial charge in [0.2, 0.25) is 5.91 Å². The number of piperidine rings is 1. The van der Waals surface area contributed by atoms with E-state index in [0.717, 1.165) is 12.8 Å². The number of carbonyl (C=O) groups excluding carboxylic acids is 3. The monoisotopic (exact) mass is 349 g/mol. The van der Waals surface area contributed by atoms with Crippen LogP contribution in [0.4, 0.5) is 4.79 Å². The van der Waals surface area contributed by atoms with Crippen LogP contribution in [0.3, 0.4) is 0 Å². The van der Waals surface area contributed by atoms with E-state index in [9.17, 15) is 24.3 Å². The van der Waals surface area contributed by atoms with Gasteiger partial charge in [-0.05, 0) is 19.3 Å². The summed E-state index contributed by atoms with van der Waals surface area (Å²) >= 11 is 0. The standard InChI is InChI=1S/C16H19N3O6/c1-7(20)18-5-4-9-10(6-25-16(24)17-8-2-3-8)12(15(22)23)19-11(9)13(18)14(19)21/h8-9,11,13H,2-6H2,1H3,(H,17,24)(H,22,23)/t9?,11-,13+/m1/s1. The first-order valence-corrected chi connectivity index (χ1v) is 8.40. The number of carboxylic acids is 1. The van der Waals surface area contributed by atoms with Crippen LogP contribution in [0.25, 0.3) is 0 Å². The third kappa shape index (κ3) is 2.37. The fourth-order valence-corrected chi connectivity index (χ4v) is 4.12. The highest BCUT2D eigenvalue weighted by atomic mass is 16.5. The molecular weight excluding hydrogens is 330 g/mol. The van der Waals surface area contributed by atoms with E-state index in [1.165, 1.54) is 16.7 Å². The lowest BCUT2D eigenvalue weighted by Crippen LogP contribution is -2.73. The van der Waals surface area contributed by atoms with E-state index in [1.54, 1.807) is 0 Å². The zero-order valence-corrected chi connectivity index (χ0v) is 13.7. The normalized spacial score (nSPS) is 30.0. The first-order valence-electron chi connectivity index (χ1n) is 8.40. The first-order chi connectivity index (χ1) is 11.9. The van der Waals surface area contributed by atoms with Crippen molar-refractivity contribution in [1.29, 1.82) is 0 Å². The number of hydrogen-bond donors (Lipinski definition) is 2. The highest BCUT2D eigenvalue weighted by molar-refractivity contribution is 6.03. The van der Waals surface area contributed by atoms with Crippen molar-refractivity contribution in [2.75, 3.05) is 13.2 Å². The summed E-state index contributed by atoms with van der Waals surface area (Å²) in [5.74, 6) is -1.98. The summed E-state index contributed by atoms with van der Waals surface area (Å²) in [5, 5.41) is 12.2. The Kier molecular flexibility index (Phi) is 3.48. The molecule has 0 aromatic heterocycles. The fraction of sp³-hybridized carbons (Fsp3) is 0.625. The van der Waals surface area contributed by atoms with Crippen LogP contribution in [0.2, 0.25) is 0 Å². The summed E-state index contributed by atoms with van der Waals surface area (Å²) in [6, 6.07) is -0.821. The second-order valence-corrected chi connectivity index (χ2v) is 6.92. The lowest BCUT2D eigenvalue weighted by Gasteiger charge is -2.53. The summed E-state index contributed by atoms with van der Waals surface area (Å²) in [7, 11) is 0. The highest BCUT2D eigenvalue weighted by Gasteiger charge is 2.64. The van der Waals surface area contributed by atoms with Crippen LogP contribution in [0.15, 0.2) is 11.3 Å². The molecule has 134 valence electrons. The SMILES string of the molecule is CC(=O)N1CCC2C(COC(=O)NC3CC3)=C(C(=O)O)N3C(=O)[C@@H]1[C@@H]23. The Labute approximate surface area is 143 Å². The Hall–Kier alpha value is -2.58. The minimum absolute atomic E-state index is 0.0964. The number of alkyl carbamates (subject to hydrolysis) is 1. The number of ether oxygens (including phenoxy) is 1. The summed E-state index contributed by atoms with van der Waals surface area (Å²) < 4.78 is 5.19. The van der Waals surface area contributed by atoms with Crippen molar-refractivity contribution >= 4 is 23.9 Å². The average molecular weight is 349 g/mol. The minimum atomic E-state index is -1.21. The van der Waals surface area contributed by atoms with Gasteiger partial charge in [0.05, 0.1) is 6.04 Å². The van der Waals surface area contributed by atoms with Crippen LogP contribution in [0.5, 0.6) is 0 Å². The molecule has 0 aromatic carbocycles. The molecule has 1 aliphatic carbocycles. The molecule has 25 heavy (non-hydrogen) atoms. The van der Waals surface area contributed by atoms with Gasteiger partial charge in [-0.2, -0.15) is 0 Å². The maximum atomic E-state index is 12.4. The molecule has 3 fully saturated rings. The molecule has 9 heteroatoms. The van der Waals surface area contributed by atoms with Crippen molar-refractivity contribution in [2.45, 2.75) is 44.3 Å². The zero-order chi connectivity index (χ0) is 17.9. The molecule has 1 saturated carbocycles. The van der Waals surface area contributed by atoms with E-state index < -0.39 is 18.1 Å². The summed E-state index contributed by atoms with van der Waals surface area (Å²) in [5.41, 5.74) is 0.364. The van der Waals surface area contributed by atoms with Gasteiger partial charge in [-0.1, -0.05) is 0 Å². The quantitative estimate of drug-likeness (QED) is 0.672. The van der Waals surface area contributed by atoms with Crippen LogP contribution in [-0.2, 0) is 19.1 Å². The highest BCUT2D eigenvalue weighted by Crippen LogP contribution is 2.48. The van der Waals surface area contributed by atoms with Gasteiger partial charge in [-0.3, -0.25) is 14.5 Å². The van der Waals surface area contributed by atoms with Gasteiger partial charge in [-0.25, -0.2) is 9.59 Å². The number of carboxylic acid groups (broad SMARTS) is 1. The van der Waals surface area contributed by atoms with Crippen LogP contribution >= 0.6 is 0 Å². The van der Waals surface area contributed by atoms with Gasteiger partial charge < -0.3 is 20.1 Å². The molecule has 3 atom stereocenters. The van der Waals surface area contributed by atoms with Crippen LogP contribution in [0, 0.1) is 5.92 Å². The van der Waals surface area contributed by atoms with Gasteiger partial charge in [0.25, 0.3) is 5.91 Å². The molecule has 0 aromatic rings. The van der Waals surface area contributed by atoms with E-state index in [-0.39, 0.29) is 42.1 Å². The number of nitrogens with zero attached hydrogens (tertiary/aromatic N) is 2. The van der Waals surface area contributed by atoms with E-state index in [1.807, 2.05) is 0 Å². The predicted molar refractivity (Wildman–Crippen MR) is 82.1 cm³/mol. The zero-order valence-electron chi connectivity index (χ0n) is 13.7. The maximum Gasteiger partial charge on any atom is 0.407 e. The molecule has 4 rings (SSSR count). The topological polar surface area (TPSA) is 116 Å². The van der Waals surface area contributed by atoms with Crippen LogP contribution in [0.1, 0.15) is 26.2 Å². The van der Waals surface area contributed by atoms with E-state index in [0.29, 0.717) is 18.5 Å². The summed E-state index contributed by atoms with van der Waals surface area (Å²) in [6.45, 7) is 1.65. The molecule has 2 saturated heterocycles. The number of amides is 3. The van der Waals surface area contributed by atoms with Gasteiger partial charge in [-0.15, -0.1) is 0 Å². The van der Waals surface area contributed by atoms with Crippen molar-refractivity contribution in [3.8, 4) is 0 Å². The van der Waals surface area contributed by atoms with E-state index in [2.05, 4.69) is 5.32 Å². The number of likely N-dealkylation sites (tertiary alicyclic amines) is 1. The Balaban J connectivity index is 1.55. The third-order valence-electron chi connectivity index (χ3n) is 5.40. The van der Waals surface area contributed by atoms with Crippen molar-refractivity contribution in [1.82, 2.24) is 15.1 Å². The lowest BCUT2D eigenvalue weighted by molar-refractivity contribution is -0.168. The number of rotatable bonds is 4. The van der Waals surface area contributed by atoms with Gasteiger partial charge in [0, 0.05) is 31.0 Å². The van der Waals surface area contributed by atoms with Gasteiger partial charge >= 0.3 is 12.1 Å². The van der Waals surface area contributed by atoms with E-state index in [4.69, 9.17) is 4.74 Å². The Morgan fingerprint density at radius 1 is 1.28 bits per heavy atom. The Morgan fingerprint density at radius 3 is 2.60 bits per heavy atom. The molecule has 0 spiro atoms. The van der Waals surface area contributed by atoms with Crippen molar-refractivity contribution in [2.24, 2.45) is 5.92 Å². The fourth-order valence-electron chi connectivity index (χ4n) is 4.12. The largest absolute Gasteiger partial charge is 0.477 e. The van der Waals surface area contributed by atoms with Gasteiger partial charge in [0.1, 0.15) is 18.3 Å². The van der Waals surface area contributed by atoms with Crippen molar-refractivity contribution in [3.63, 3.8) is 0 Å².